The molecule has 1 amide bonds. The van der Waals surface area contributed by atoms with E-state index in [4.69, 9.17) is 0 Å². The van der Waals surface area contributed by atoms with Gasteiger partial charge >= 0.3 is 0 Å². The average Bonchev–Trinajstić information content (AvgIpc) is 3.22. The number of hydrogen-bond acceptors (Lipinski definition) is 7. The molecule has 8 nitrogen and oxygen atoms in total. The third-order valence-corrected chi connectivity index (χ3v) is 5.31. The molecule has 0 atom stereocenters. The number of anilines is 1. The molecule has 1 aliphatic heterocycles. The Morgan fingerprint density at radius 2 is 1.82 bits per heavy atom. The van der Waals surface area contributed by atoms with Gasteiger partial charge in [-0.05, 0) is 23.9 Å². The maximum atomic E-state index is 12.4. The fourth-order valence-corrected chi connectivity index (χ4v) is 3.97. The van der Waals surface area contributed by atoms with E-state index >= 15 is 0 Å². The molecular weight excluding hydrogens is 378 g/mol. The van der Waals surface area contributed by atoms with Crippen LogP contribution in [0, 0.1) is 0 Å². The van der Waals surface area contributed by atoms with Crippen molar-refractivity contribution in [1.82, 2.24) is 20.2 Å². The summed E-state index contributed by atoms with van der Waals surface area (Å²) in [5.74, 6) is -1.99. The van der Waals surface area contributed by atoms with Gasteiger partial charge in [0, 0.05) is 22.2 Å². The first-order valence-corrected chi connectivity index (χ1v) is 9.09. The normalized spacial score (nSPS) is 14.9. The molecule has 0 unspecified atom stereocenters. The molecule has 1 aliphatic rings. The summed E-state index contributed by atoms with van der Waals surface area (Å²) in [6.45, 7) is 0. The molecule has 2 aromatic heterocycles. The van der Waals surface area contributed by atoms with Gasteiger partial charge in [0.1, 0.15) is 5.52 Å². The first-order valence-electron chi connectivity index (χ1n) is 8.27. The highest BCUT2D eigenvalue weighted by Crippen LogP contribution is 2.38. The predicted octanol–water partition coefficient (Wildman–Crippen LogP) is 1.71. The first-order chi connectivity index (χ1) is 13.6. The highest BCUT2D eigenvalue weighted by atomic mass is 32.2. The number of carbonyl (C=O) groups excluding carboxylic acids is 2. The molecule has 0 saturated heterocycles. The van der Waals surface area contributed by atoms with Crippen molar-refractivity contribution < 1.29 is 14.7 Å². The molecule has 0 bridgehead atoms. The fourth-order valence-electron chi connectivity index (χ4n) is 3.18. The Labute approximate surface area is 161 Å². The van der Waals surface area contributed by atoms with Crippen LogP contribution in [0.1, 0.15) is 5.56 Å². The smallest absolute Gasteiger partial charge is 0.257 e. The highest BCUT2D eigenvalue weighted by molar-refractivity contribution is 8.04. The van der Waals surface area contributed by atoms with Gasteiger partial charge in [0.05, 0.1) is 16.4 Å². The zero-order chi connectivity index (χ0) is 19.3. The van der Waals surface area contributed by atoms with Crippen molar-refractivity contribution in [3.63, 3.8) is 0 Å². The van der Waals surface area contributed by atoms with E-state index < -0.39 is 11.9 Å². The summed E-state index contributed by atoms with van der Waals surface area (Å²) < 4.78 is 0. The second-order valence-corrected chi connectivity index (χ2v) is 7.03. The summed E-state index contributed by atoms with van der Waals surface area (Å²) >= 11 is 0.738. The van der Waals surface area contributed by atoms with E-state index in [1.54, 1.807) is 24.3 Å². The summed E-state index contributed by atoms with van der Waals surface area (Å²) in [7, 11) is 0. The predicted molar refractivity (Wildman–Crippen MR) is 102 cm³/mol. The molecule has 4 aromatic rings. The monoisotopic (exact) mass is 388 g/mol. The molecular formula is C19H10N5O3S-. The number of thioether (sulfide) groups is 1. The van der Waals surface area contributed by atoms with Crippen molar-refractivity contribution in [3.8, 4) is 0 Å². The van der Waals surface area contributed by atoms with Gasteiger partial charge in [-0.2, -0.15) is 0 Å². The minimum Gasteiger partial charge on any atom is -0.544 e. The average molecular weight is 388 g/mol. The summed E-state index contributed by atoms with van der Waals surface area (Å²) in [6.07, 6.45) is 0. The molecule has 0 saturated carbocycles. The second kappa shape index (κ2) is 6.17. The SMILES string of the molecule is O=C([O-])/C(Sc1nnc2c(n1)[nH]c1ccccc12)=C1\C(=O)Nc2ccccc21. The maximum Gasteiger partial charge on any atom is 0.257 e. The van der Waals surface area contributed by atoms with E-state index in [0.29, 0.717) is 22.4 Å². The molecule has 0 fully saturated rings. The van der Waals surface area contributed by atoms with Gasteiger partial charge in [-0.15, -0.1) is 10.2 Å². The van der Waals surface area contributed by atoms with Crippen molar-refractivity contribution in [2.24, 2.45) is 0 Å². The second-order valence-electron chi connectivity index (χ2n) is 6.06. The summed E-state index contributed by atoms with van der Waals surface area (Å²) in [5, 5.41) is 23.6. The van der Waals surface area contributed by atoms with Gasteiger partial charge < -0.3 is 20.2 Å². The summed E-state index contributed by atoms with van der Waals surface area (Å²) in [4.78, 5) is 31.4. The van der Waals surface area contributed by atoms with Crippen LogP contribution in [0.4, 0.5) is 5.69 Å². The summed E-state index contributed by atoms with van der Waals surface area (Å²) in [5.41, 5.74) is 3.00. The van der Waals surface area contributed by atoms with Gasteiger partial charge in [0.25, 0.3) is 5.91 Å². The molecule has 0 radical (unpaired) electrons. The van der Waals surface area contributed by atoms with Crippen LogP contribution in [0.2, 0.25) is 0 Å². The topological polar surface area (TPSA) is 124 Å². The molecule has 3 heterocycles. The molecule has 2 N–H and O–H groups in total. The van der Waals surface area contributed by atoms with E-state index in [2.05, 4.69) is 25.5 Å². The van der Waals surface area contributed by atoms with Gasteiger partial charge in [-0.25, -0.2) is 4.98 Å². The third-order valence-electron chi connectivity index (χ3n) is 4.38. The van der Waals surface area contributed by atoms with E-state index in [0.717, 1.165) is 22.7 Å². The van der Waals surface area contributed by atoms with E-state index in [-0.39, 0.29) is 15.6 Å². The standard InChI is InChI=1S/C19H11N5O3S/c25-17-13(9-5-1-3-7-11(9)21-17)15(18(26)27)28-19-22-16-14(23-24-19)10-6-2-4-8-12(10)20-16/h1-8H,(H,21,25)(H,26,27)(H,20,22,24)/p-1/b15-13+. The number of fused-ring (bicyclic) bond motifs is 4. The van der Waals surface area contributed by atoms with Gasteiger partial charge in [0.2, 0.25) is 5.16 Å². The maximum absolute atomic E-state index is 12.4. The quantitative estimate of drug-likeness (QED) is 0.404. The van der Waals surface area contributed by atoms with Crippen LogP contribution in [0.5, 0.6) is 0 Å². The van der Waals surface area contributed by atoms with Gasteiger partial charge in [0.15, 0.2) is 5.65 Å². The zero-order valence-electron chi connectivity index (χ0n) is 14.1. The number of aromatic amines is 1. The number of nitrogens with one attached hydrogen (secondary N) is 2. The molecule has 9 heteroatoms. The van der Waals surface area contributed by atoms with E-state index in [9.17, 15) is 14.7 Å². The third kappa shape index (κ3) is 2.52. The molecule has 5 rings (SSSR count). The number of amides is 1. The number of carboxylic acids is 1. The minimum absolute atomic E-state index is 0.0287. The Morgan fingerprint density at radius 1 is 1.04 bits per heavy atom. The van der Waals surface area contributed by atoms with Crippen LogP contribution in [-0.4, -0.2) is 32.0 Å². The molecule has 0 aliphatic carbocycles. The lowest BCUT2D eigenvalue weighted by atomic mass is 10.1. The number of H-pyrrole nitrogens is 1. The number of rotatable bonds is 3. The number of benzene rings is 2. The summed E-state index contributed by atoms with van der Waals surface area (Å²) in [6, 6.07) is 14.4. The van der Waals surface area contributed by atoms with Crippen LogP contribution < -0.4 is 10.4 Å². The van der Waals surface area contributed by atoms with Gasteiger partial charge in [-0.3, -0.25) is 4.79 Å². The lowest BCUT2D eigenvalue weighted by molar-refractivity contribution is -0.298. The largest absolute Gasteiger partial charge is 0.544 e. The van der Waals surface area contributed by atoms with Crippen LogP contribution in [0.15, 0.2) is 58.6 Å². The molecule has 28 heavy (non-hydrogen) atoms. The van der Waals surface area contributed by atoms with Crippen LogP contribution >= 0.6 is 11.8 Å². The lowest BCUT2D eigenvalue weighted by Gasteiger charge is -2.10. The number of carbonyl (C=O) groups is 2. The first kappa shape index (κ1) is 16.5. The van der Waals surface area contributed by atoms with Crippen LogP contribution in [-0.2, 0) is 9.59 Å². The number of carboxylic acid groups (broad SMARTS) is 1. The Kier molecular flexibility index (Phi) is 3.63. The number of para-hydroxylation sites is 2. The Morgan fingerprint density at radius 3 is 2.68 bits per heavy atom. The van der Waals surface area contributed by atoms with Crippen LogP contribution in [0.3, 0.4) is 0 Å². The minimum atomic E-state index is -1.48. The molecule has 2 aromatic carbocycles. The van der Waals surface area contributed by atoms with Crippen LogP contribution in [0.25, 0.3) is 27.6 Å². The number of hydrogen-bond donors (Lipinski definition) is 2. The Hall–Kier alpha value is -3.72. The highest BCUT2D eigenvalue weighted by Gasteiger charge is 2.28. The Balaban J connectivity index is 1.62. The van der Waals surface area contributed by atoms with E-state index in [1.807, 2.05) is 24.3 Å². The molecule has 136 valence electrons. The number of aromatic nitrogens is 4. The van der Waals surface area contributed by atoms with Crippen molar-refractivity contribution >= 4 is 57.0 Å². The fraction of sp³-hybridized carbons (Fsp3) is 0. The number of aliphatic carboxylic acids is 1. The zero-order valence-corrected chi connectivity index (χ0v) is 14.9. The van der Waals surface area contributed by atoms with Crippen molar-refractivity contribution in [3.05, 3.63) is 59.0 Å². The van der Waals surface area contributed by atoms with Crippen molar-refractivity contribution in [2.45, 2.75) is 5.16 Å². The number of nitrogens with zero attached hydrogens (tertiary/aromatic N) is 3. The van der Waals surface area contributed by atoms with Crippen molar-refractivity contribution in [1.29, 1.82) is 0 Å². The van der Waals surface area contributed by atoms with Crippen molar-refractivity contribution in [2.75, 3.05) is 5.32 Å². The van der Waals surface area contributed by atoms with Gasteiger partial charge in [-0.1, -0.05) is 36.4 Å². The Bertz CT molecular complexity index is 1330. The van der Waals surface area contributed by atoms with E-state index in [1.165, 1.54) is 0 Å². The lowest BCUT2D eigenvalue weighted by Crippen LogP contribution is -2.25. The molecule has 0 spiro atoms.